The fourth-order valence-corrected chi connectivity index (χ4v) is 3.07. The van der Waals surface area contributed by atoms with Gasteiger partial charge < -0.3 is 21.3 Å². The third-order valence-corrected chi connectivity index (χ3v) is 4.92. The van der Waals surface area contributed by atoms with Crippen molar-refractivity contribution in [3.8, 4) is 0 Å². The van der Waals surface area contributed by atoms with Gasteiger partial charge in [-0.3, -0.25) is 19.2 Å². The van der Waals surface area contributed by atoms with Crippen LogP contribution in [-0.2, 0) is 0 Å². The number of amides is 4. The Bertz CT molecular complexity index is 708. The second-order valence-corrected chi connectivity index (χ2v) is 8.04. The zero-order valence-electron chi connectivity index (χ0n) is 16.8. The summed E-state index contributed by atoms with van der Waals surface area (Å²) in [4.78, 5) is 48.7. The number of carbonyl (C=O) groups excluding carboxylic acids is 4. The van der Waals surface area contributed by atoms with Gasteiger partial charge in [-0.2, -0.15) is 25.3 Å². The Balaban J connectivity index is 2.84. The quantitative estimate of drug-likeness (QED) is 0.204. The topological polar surface area (TPSA) is 116 Å². The number of nitrogens with one attached hydrogen (secondary N) is 4. The van der Waals surface area contributed by atoms with Crippen LogP contribution in [0.15, 0.2) is 18.2 Å². The van der Waals surface area contributed by atoms with Gasteiger partial charge in [0.25, 0.3) is 23.0 Å². The maximum atomic E-state index is 12.5. The van der Waals surface area contributed by atoms with Crippen molar-refractivity contribution in [2.24, 2.45) is 0 Å². The fraction of sp³-hybridized carbons (Fsp3) is 0.474. The maximum absolute atomic E-state index is 12.5. The second-order valence-electron chi connectivity index (χ2n) is 6.08. The Labute approximate surface area is 191 Å². The van der Waals surface area contributed by atoms with Crippen LogP contribution >= 0.6 is 37.0 Å². The zero-order chi connectivity index (χ0) is 22.4. The van der Waals surface area contributed by atoms with Crippen LogP contribution in [0, 0.1) is 0 Å². The summed E-state index contributed by atoms with van der Waals surface area (Å²) in [5.74, 6) is 0.0977. The van der Waals surface area contributed by atoms with Crippen LogP contribution in [0.4, 0.5) is 4.79 Å². The van der Waals surface area contributed by atoms with Crippen molar-refractivity contribution in [1.29, 1.82) is 0 Å². The van der Waals surface area contributed by atoms with E-state index < -0.39 is 17.7 Å². The van der Waals surface area contributed by atoms with E-state index >= 15 is 0 Å². The van der Waals surface area contributed by atoms with Crippen LogP contribution in [0.3, 0.4) is 0 Å². The van der Waals surface area contributed by atoms with Gasteiger partial charge in [-0.1, -0.05) is 18.7 Å². The molecule has 0 saturated heterocycles. The Morgan fingerprint density at radius 2 is 1.17 bits per heavy atom. The third kappa shape index (κ3) is 9.77. The van der Waals surface area contributed by atoms with E-state index in [2.05, 4.69) is 46.5 Å². The minimum absolute atomic E-state index is 0.142. The summed E-state index contributed by atoms with van der Waals surface area (Å²) in [6.07, 6.45) is 0.852. The number of carbonyl (C=O) groups is 4. The molecule has 0 fully saturated rings. The van der Waals surface area contributed by atoms with Crippen LogP contribution in [-0.4, -0.2) is 66.4 Å². The minimum atomic E-state index is -0.434. The molecule has 0 aliphatic rings. The van der Waals surface area contributed by atoms with Crippen molar-refractivity contribution < 1.29 is 19.2 Å². The number of rotatable bonds is 12. The molecule has 0 heterocycles. The van der Waals surface area contributed by atoms with Crippen molar-refractivity contribution >= 4 is 60.0 Å². The van der Waals surface area contributed by atoms with Gasteiger partial charge in [0, 0.05) is 60.1 Å². The van der Waals surface area contributed by atoms with Crippen molar-refractivity contribution in [2.45, 2.75) is 13.3 Å². The number of hydrogen-bond donors (Lipinski definition) is 6. The molecule has 4 amide bonds. The van der Waals surface area contributed by atoms with Crippen LogP contribution in [0.1, 0.15) is 44.4 Å². The van der Waals surface area contributed by atoms with Gasteiger partial charge in [-0.15, -0.1) is 0 Å². The Hall–Kier alpha value is -1.85. The van der Waals surface area contributed by atoms with Crippen molar-refractivity contribution in [3.05, 3.63) is 34.9 Å². The summed E-state index contributed by atoms with van der Waals surface area (Å²) in [7, 11) is 0. The van der Waals surface area contributed by atoms with E-state index in [0.29, 0.717) is 36.9 Å². The lowest BCUT2D eigenvalue weighted by atomic mass is 10.0. The summed E-state index contributed by atoms with van der Waals surface area (Å²) >= 11 is 9.18. The first kappa shape index (κ1) is 26.2. The smallest absolute Gasteiger partial charge is 0.279 e. The number of benzene rings is 1. The molecule has 1 rings (SSSR count). The lowest BCUT2D eigenvalue weighted by molar-refractivity contribution is 0.0955. The molecule has 0 atom stereocenters. The van der Waals surface area contributed by atoms with E-state index in [-0.39, 0.29) is 28.5 Å². The summed E-state index contributed by atoms with van der Waals surface area (Å²) in [5, 5.41) is 10.6. The lowest BCUT2D eigenvalue weighted by Gasteiger charge is -2.11. The van der Waals surface area contributed by atoms with Crippen LogP contribution in [0.5, 0.6) is 0 Å². The molecule has 0 saturated carbocycles. The number of thioether (sulfide) groups is 1. The van der Waals surface area contributed by atoms with Crippen molar-refractivity contribution in [2.75, 3.05) is 43.4 Å². The SMILES string of the molecule is CCCNC(=O)SCCNC(=O)c1cc(C(=O)NCCS)cc(C(=O)NCCS)c1. The lowest BCUT2D eigenvalue weighted by Crippen LogP contribution is -2.30. The monoisotopic (exact) mass is 472 g/mol. The average Bonchev–Trinajstić information content (AvgIpc) is 2.76. The van der Waals surface area contributed by atoms with E-state index in [0.717, 1.165) is 18.2 Å². The Morgan fingerprint density at radius 1 is 0.733 bits per heavy atom. The molecule has 11 heteroatoms. The van der Waals surface area contributed by atoms with E-state index in [1.54, 1.807) is 0 Å². The minimum Gasteiger partial charge on any atom is -0.351 e. The molecule has 166 valence electrons. The molecule has 0 bridgehead atoms. The highest BCUT2D eigenvalue weighted by molar-refractivity contribution is 8.13. The second kappa shape index (κ2) is 15.0. The molecule has 0 aromatic heterocycles. The molecule has 8 nitrogen and oxygen atoms in total. The van der Waals surface area contributed by atoms with Crippen LogP contribution in [0.2, 0.25) is 0 Å². The normalized spacial score (nSPS) is 10.2. The highest BCUT2D eigenvalue weighted by atomic mass is 32.2. The Kier molecular flexibility index (Phi) is 13.1. The molecule has 0 aliphatic heterocycles. The molecule has 30 heavy (non-hydrogen) atoms. The number of hydrogen-bond acceptors (Lipinski definition) is 7. The molecule has 0 unspecified atom stereocenters. The summed E-state index contributed by atoms with van der Waals surface area (Å²) < 4.78 is 0. The first-order chi connectivity index (χ1) is 14.4. The molecule has 0 aliphatic carbocycles. The van der Waals surface area contributed by atoms with Crippen LogP contribution < -0.4 is 21.3 Å². The van der Waals surface area contributed by atoms with Gasteiger partial charge in [0.15, 0.2) is 0 Å². The van der Waals surface area contributed by atoms with Gasteiger partial charge in [0.2, 0.25) is 0 Å². The van der Waals surface area contributed by atoms with Gasteiger partial charge in [0.1, 0.15) is 0 Å². The highest BCUT2D eigenvalue weighted by Gasteiger charge is 2.16. The standard InChI is InChI=1S/C19H28N4O4S3/c1-2-3-23-19(27)30-9-6-22-18(26)15-11-13(16(24)20-4-7-28)10-14(12-15)17(25)21-5-8-29/h10-12,28-29H,2-9H2,1H3,(H,20,24)(H,21,25)(H,22,26)(H,23,27). The van der Waals surface area contributed by atoms with E-state index in [4.69, 9.17) is 0 Å². The van der Waals surface area contributed by atoms with Crippen LogP contribution in [0.25, 0.3) is 0 Å². The fourth-order valence-electron chi connectivity index (χ4n) is 2.25. The molecule has 4 N–H and O–H groups in total. The van der Waals surface area contributed by atoms with Gasteiger partial charge in [-0.05, 0) is 24.6 Å². The molecule has 0 radical (unpaired) electrons. The highest BCUT2D eigenvalue weighted by Crippen LogP contribution is 2.12. The third-order valence-electron chi connectivity index (χ3n) is 3.65. The van der Waals surface area contributed by atoms with E-state index in [9.17, 15) is 19.2 Å². The summed E-state index contributed by atoms with van der Waals surface area (Å²) in [5.41, 5.74) is 0.590. The van der Waals surface area contributed by atoms with Gasteiger partial charge in [0.05, 0.1) is 0 Å². The molecule has 1 aromatic rings. The predicted molar refractivity (Wildman–Crippen MR) is 127 cm³/mol. The van der Waals surface area contributed by atoms with E-state index in [1.807, 2.05) is 6.92 Å². The predicted octanol–water partition coefficient (Wildman–Crippen LogP) is 1.59. The largest absolute Gasteiger partial charge is 0.351 e. The summed E-state index contributed by atoms with van der Waals surface area (Å²) in [6.45, 7) is 3.55. The molecular weight excluding hydrogens is 444 g/mol. The van der Waals surface area contributed by atoms with Gasteiger partial charge in [-0.25, -0.2) is 0 Å². The Morgan fingerprint density at radius 3 is 1.57 bits per heavy atom. The van der Waals surface area contributed by atoms with Gasteiger partial charge >= 0.3 is 0 Å². The number of thiol groups is 2. The molecule has 0 spiro atoms. The van der Waals surface area contributed by atoms with Crippen molar-refractivity contribution in [3.63, 3.8) is 0 Å². The zero-order valence-corrected chi connectivity index (χ0v) is 19.4. The van der Waals surface area contributed by atoms with E-state index in [1.165, 1.54) is 18.2 Å². The van der Waals surface area contributed by atoms with Crippen molar-refractivity contribution in [1.82, 2.24) is 21.3 Å². The first-order valence-electron chi connectivity index (χ1n) is 9.55. The maximum Gasteiger partial charge on any atom is 0.279 e. The average molecular weight is 473 g/mol. The molecule has 1 aromatic carbocycles. The molecular formula is C19H28N4O4S3. The first-order valence-corrected chi connectivity index (χ1v) is 11.8. The summed E-state index contributed by atoms with van der Waals surface area (Å²) in [6, 6.07) is 4.30.